The number of hydrogen-bond donors (Lipinski definition) is 3. The number of carbonyl (C=O) groups is 1. The first-order valence-corrected chi connectivity index (χ1v) is 6.68. The molecule has 1 amide bonds. The summed E-state index contributed by atoms with van der Waals surface area (Å²) in [6.07, 6.45) is 0. The Labute approximate surface area is 119 Å². The van der Waals surface area contributed by atoms with E-state index in [9.17, 15) is 4.79 Å². The number of nitrogens with one attached hydrogen (secondary N) is 2. The third kappa shape index (κ3) is 7.08. The Kier molecular flexibility index (Phi) is 8.37. The Bertz CT molecular complexity index is 382. The molecule has 20 heavy (non-hydrogen) atoms. The zero-order chi connectivity index (χ0) is 14.6. The van der Waals surface area contributed by atoms with Gasteiger partial charge in [-0.15, -0.1) is 0 Å². The van der Waals surface area contributed by atoms with Crippen LogP contribution in [0.25, 0.3) is 0 Å². The molecule has 0 radical (unpaired) electrons. The molecule has 0 saturated heterocycles. The average molecular weight is 281 g/mol. The monoisotopic (exact) mass is 281 g/mol. The maximum atomic E-state index is 11.7. The normalized spacial score (nSPS) is 10.4. The fourth-order valence-electron chi connectivity index (χ4n) is 1.47. The summed E-state index contributed by atoms with van der Waals surface area (Å²) < 4.78 is 10.6. The van der Waals surface area contributed by atoms with Crippen molar-refractivity contribution in [3.05, 3.63) is 29.8 Å². The predicted octanol–water partition coefficient (Wildman–Crippen LogP) is 0.251. The second-order valence-corrected chi connectivity index (χ2v) is 4.21. The number of rotatable bonds is 10. The first-order valence-electron chi connectivity index (χ1n) is 6.68. The van der Waals surface area contributed by atoms with Crippen LogP contribution in [0.15, 0.2) is 24.3 Å². The first-order chi connectivity index (χ1) is 9.74. The van der Waals surface area contributed by atoms with Gasteiger partial charge in [0.2, 0.25) is 0 Å². The molecule has 112 valence electrons. The molecule has 0 aliphatic rings. The SMILES string of the molecule is CNCCOCCOCCNC(=O)c1ccc(N)cc1. The van der Waals surface area contributed by atoms with E-state index >= 15 is 0 Å². The van der Waals surface area contributed by atoms with Gasteiger partial charge in [-0.25, -0.2) is 0 Å². The Balaban J connectivity index is 2.01. The molecule has 0 atom stereocenters. The molecule has 6 nitrogen and oxygen atoms in total. The average Bonchev–Trinajstić information content (AvgIpc) is 2.46. The highest BCUT2D eigenvalue weighted by molar-refractivity contribution is 5.94. The van der Waals surface area contributed by atoms with Gasteiger partial charge in [-0.05, 0) is 31.3 Å². The van der Waals surface area contributed by atoms with Crippen molar-refractivity contribution in [3.63, 3.8) is 0 Å². The minimum Gasteiger partial charge on any atom is -0.399 e. The fraction of sp³-hybridized carbons (Fsp3) is 0.500. The number of nitrogen functional groups attached to an aromatic ring is 1. The van der Waals surface area contributed by atoms with Crippen molar-refractivity contribution in [2.24, 2.45) is 0 Å². The van der Waals surface area contributed by atoms with E-state index in [2.05, 4.69) is 10.6 Å². The second-order valence-electron chi connectivity index (χ2n) is 4.21. The van der Waals surface area contributed by atoms with Crippen LogP contribution in [0.2, 0.25) is 0 Å². The molecule has 6 heteroatoms. The van der Waals surface area contributed by atoms with E-state index in [0.717, 1.165) is 6.54 Å². The van der Waals surface area contributed by atoms with E-state index in [4.69, 9.17) is 15.2 Å². The summed E-state index contributed by atoms with van der Waals surface area (Å²) in [5.41, 5.74) is 6.79. The molecule has 1 aromatic carbocycles. The van der Waals surface area contributed by atoms with Crippen molar-refractivity contribution in [1.29, 1.82) is 0 Å². The quantitative estimate of drug-likeness (QED) is 0.423. The Morgan fingerprint density at radius 2 is 1.65 bits per heavy atom. The molecule has 0 fully saturated rings. The smallest absolute Gasteiger partial charge is 0.251 e. The van der Waals surface area contributed by atoms with Crippen LogP contribution in [0.4, 0.5) is 5.69 Å². The maximum absolute atomic E-state index is 11.7. The Morgan fingerprint density at radius 1 is 1.05 bits per heavy atom. The Hall–Kier alpha value is -1.63. The number of benzene rings is 1. The topological polar surface area (TPSA) is 85.6 Å². The molecule has 0 bridgehead atoms. The molecule has 0 aliphatic carbocycles. The first kappa shape index (κ1) is 16.4. The van der Waals surface area contributed by atoms with E-state index in [-0.39, 0.29) is 5.91 Å². The molecule has 0 heterocycles. The summed E-state index contributed by atoms with van der Waals surface area (Å²) in [5, 5.41) is 5.76. The number of nitrogens with two attached hydrogens (primary N) is 1. The lowest BCUT2D eigenvalue weighted by Crippen LogP contribution is -2.27. The van der Waals surface area contributed by atoms with Crippen molar-refractivity contribution in [3.8, 4) is 0 Å². The largest absolute Gasteiger partial charge is 0.399 e. The van der Waals surface area contributed by atoms with E-state index in [1.165, 1.54) is 0 Å². The molecular weight excluding hydrogens is 258 g/mol. The van der Waals surface area contributed by atoms with E-state index in [1.54, 1.807) is 24.3 Å². The predicted molar refractivity (Wildman–Crippen MR) is 78.8 cm³/mol. The van der Waals surface area contributed by atoms with Gasteiger partial charge in [0.25, 0.3) is 5.91 Å². The molecule has 0 aromatic heterocycles. The highest BCUT2D eigenvalue weighted by Crippen LogP contribution is 2.04. The molecular formula is C14H23N3O3. The van der Waals surface area contributed by atoms with Crippen molar-refractivity contribution < 1.29 is 14.3 Å². The van der Waals surface area contributed by atoms with Crippen LogP contribution in [0, 0.1) is 0 Å². The summed E-state index contributed by atoms with van der Waals surface area (Å²) in [7, 11) is 1.88. The zero-order valence-corrected chi connectivity index (χ0v) is 11.9. The van der Waals surface area contributed by atoms with Gasteiger partial charge in [-0.1, -0.05) is 0 Å². The zero-order valence-electron chi connectivity index (χ0n) is 11.9. The summed E-state index contributed by atoms with van der Waals surface area (Å²) in [5.74, 6) is -0.126. The lowest BCUT2D eigenvalue weighted by Gasteiger charge is -2.07. The summed E-state index contributed by atoms with van der Waals surface area (Å²) >= 11 is 0. The lowest BCUT2D eigenvalue weighted by atomic mass is 10.2. The van der Waals surface area contributed by atoms with Gasteiger partial charge >= 0.3 is 0 Å². The number of anilines is 1. The lowest BCUT2D eigenvalue weighted by molar-refractivity contribution is 0.0497. The summed E-state index contributed by atoms with van der Waals surface area (Å²) in [6.45, 7) is 3.54. The molecule has 4 N–H and O–H groups in total. The van der Waals surface area contributed by atoms with Crippen LogP contribution in [0.1, 0.15) is 10.4 Å². The number of amides is 1. The van der Waals surface area contributed by atoms with Gasteiger partial charge in [-0.2, -0.15) is 0 Å². The van der Waals surface area contributed by atoms with Gasteiger partial charge in [0.15, 0.2) is 0 Å². The standard InChI is InChI=1S/C14H23N3O3/c1-16-6-8-19-10-11-20-9-7-17-14(18)12-2-4-13(15)5-3-12/h2-5,16H,6-11,15H2,1H3,(H,17,18). The fourth-order valence-corrected chi connectivity index (χ4v) is 1.47. The third-order valence-corrected chi connectivity index (χ3v) is 2.57. The summed E-state index contributed by atoms with van der Waals surface area (Å²) in [6, 6.07) is 6.80. The maximum Gasteiger partial charge on any atom is 0.251 e. The van der Waals surface area contributed by atoms with Gasteiger partial charge in [0.05, 0.1) is 26.4 Å². The van der Waals surface area contributed by atoms with Crippen LogP contribution in [0.5, 0.6) is 0 Å². The highest BCUT2D eigenvalue weighted by atomic mass is 16.5. The van der Waals surface area contributed by atoms with Crippen LogP contribution in [0.3, 0.4) is 0 Å². The molecule has 0 unspecified atom stereocenters. The van der Waals surface area contributed by atoms with Crippen LogP contribution < -0.4 is 16.4 Å². The van der Waals surface area contributed by atoms with Crippen LogP contribution >= 0.6 is 0 Å². The van der Waals surface area contributed by atoms with E-state index < -0.39 is 0 Å². The van der Waals surface area contributed by atoms with Gasteiger partial charge < -0.3 is 25.8 Å². The Morgan fingerprint density at radius 3 is 2.25 bits per heavy atom. The number of hydrogen-bond acceptors (Lipinski definition) is 5. The molecule has 0 saturated carbocycles. The minimum absolute atomic E-state index is 0.126. The summed E-state index contributed by atoms with van der Waals surface area (Å²) in [4.78, 5) is 11.7. The van der Waals surface area contributed by atoms with E-state index in [1.807, 2.05) is 7.05 Å². The van der Waals surface area contributed by atoms with Crippen LogP contribution in [-0.4, -0.2) is 52.5 Å². The van der Waals surface area contributed by atoms with Gasteiger partial charge in [0, 0.05) is 24.3 Å². The highest BCUT2D eigenvalue weighted by Gasteiger charge is 2.03. The van der Waals surface area contributed by atoms with E-state index in [0.29, 0.717) is 44.2 Å². The number of carbonyl (C=O) groups excluding carboxylic acids is 1. The minimum atomic E-state index is -0.126. The number of ether oxygens (including phenoxy) is 2. The second kappa shape index (κ2) is 10.2. The van der Waals surface area contributed by atoms with Crippen molar-refractivity contribution in [2.75, 3.05) is 52.3 Å². The van der Waals surface area contributed by atoms with Crippen molar-refractivity contribution in [1.82, 2.24) is 10.6 Å². The van der Waals surface area contributed by atoms with Gasteiger partial charge in [0.1, 0.15) is 0 Å². The van der Waals surface area contributed by atoms with Gasteiger partial charge in [-0.3, -0.25) is 4.79 Å². The molecule has 1 aromatic rings. The molecule has 1 rings (SSSR count). The third-order valence-electron chi connectivity index (χ3n) is 2.57. The van der Waals surface area contributed by atoms with Crippen LogP contribution in [-0.2, 0) is 9.47 Å². The molecule has 0 aliphatic heterocycles. The van der Waals surface area contributed by atoms with Crippen molar-refractivity contribution >= 4 is 11.6 Å². The molecule has 0 spiro atoms. The van der Waals surface area contributed by atoms with Crippen molar-refractivity contribution in [2.45, 2.75) is 0 Å². The number of likely N-dealkylation sites (N-methyl/N-ethyl adjacent to an activating group) is 1.